The molecule has 2 heteroatoms. The van der Waals surface area contributed by atoms with E-state index in [2.05, 4.69) is 50.2 Å². The van der Waals surface area contributed by atoms with Gasteiger partial charge < -0.3 is 9.47 Å². The molecule has 0 N–H and O–H groups in total. The topological polar surface area (TPSA) is 18.5 Å². The van der Waals surface area contributed by atoms with E-state index < -0.39 is 0 Å². The van der Waals surface area contributed by atoms with Gasteiger partial charge in [0, 0.05) is 0 Å². The Balaban J connectivity index is 1.84. The van der Waals surface area contributed by atoms with Gasteiger partial charge in [-0.1, -0.05) is 24.3 Å². The van der Waals surface area contributed by atoms with Gasteiger partial charge in [-0.25, -0.2) is 0 Å². The zero-order chi connectivity index (χ0) is 15.9. The summed E-state index contributed by atoms with van der Waals surface area (Å²) in [4.78, 5) is 0. The number of benzene rings is 2. The monoisotopic (exact) mass is 298 g/mol. The van der Waals surface area contributed by atoms with Crippen LogP contribution in [-0.4, -0.2) is 14.2 Å². The van der Waals surface area contributed by atoms with Gasteiger partial charge >= 0.3 is 0 Å². The SMILES string of the molecule is COc1cc(CCCCc2ccc(C)c(OC)c2)ccc1C. The molecular formula is C20H26O2. The maximum atomic E-state index is 5.38. The highest BCUT2D eigenvalue weighted by Crippen LogP contribution is 2.22. The van der Waals surface area contributed by atoms with Crippen molar-refractivity contribution >= 4 is 0 Å². The Bertz CT molecular complexity index is 562. The highest BCUT2D eigenvalue weighted by molar-refractivity contribution is 5.37. The lowest BCUT2D eigenvalue weighted by molar-refractivity contribution is 0.410. The first kappa shape index (κ1) is 16.4. The molecule has 118 valence electrons. The van der Waals surface area contributed by atoms with Gasteiger partial charge in [0.2, 0.25) is 0 Å². The summed E-state index contributed by atoms with van der Waals surface area (Å²) in [6, 6.07) is 13.0. The normalized spacial score (nSPS) is 10.5. The van der Waals surface area contributed by atoms with Gasteiger partial charge in [0.1, 0.15) is 11.5 Å². The van der Waals surface area contributed by atoms with Crippen LogP contribution in [0.15, 0.2) is 36.4 Å². The molecule has 0 fully saturated rings. The van der Waals surface area contributed by atoms with Gasteiger partial charge in [0.05, 0.1) is 14.2 Å². The number of rotatable bonds is 7. The Morgan fingerprint density at radius 2 is 1.09 bits per heavy atom. The molecule has 0 unspecified atom stereocenters. The molecule has 0 aliphatic carbocycles. The Labute approximate surface area is 134 Å². The minimum atomic E-state index is 0.987. The van der Waals surface area contributed by atoms with Crippen molar-refractivity contribution in [3.05, 3.63) is 58.7 Å². The number of aryl methyl sites for hydroxylation is 4. The fourth-order valence-electron chi connectivity index (χ4n) is 2.70. The number of ether oxygens (including phenoxy) is 2. The first-order valence-corrected chi connectivity index (χ1v) is 7.91. The second-order valence-corrected chi connectivity index (χ2v) is 5.82. The molecule has 0 spiro atoms. The quantitative estimate of drug-likeness (QED) is 0.678. The maximum Gasteiger partial charge on any atom is 0.122 e. The van der Waals surface area contributed by atoms with Crippen molar-refractivity contribution in [2.24, 2.45) is 0 Å². The fraction of sp³-hybridized carbons (Fsp3) is 0.400. The Hall–Kier alpha value is -1.96. The Morgan fingerprint density at radius 3 is 1.45 bits per heavy atom. The molecular weight excluding hydrogens is 272 g/mol. The summed E-state index contributed by atoms with van der Waals surface area (Å²) in [6.07, 6.45) is 4.56. The van der Waals surface area contributed by atoms with Crippen LogP contribution in [0.1, 0.15) is 35.1 Å². The zero-order valence-electron chi connectivity index (χ0n) is 14.1. The van der Waals surface area contributed by atoms with E-state index in [-0.39, 0.29) is 0 Å². The second kappa shape index (κ2) is 7.88. The lowest BCUT2D eigenvalue weighted by Crippen LogP contribution is -1.94. The molecule has 0 bridgehead atoms. The van der Waals surface area contributed by atoms with E-state index in [1.165, 1.54) is 35.1 Å². The van der Waals surface area contributed by atoms with Crippen molar-refractivity contribution in [1.29, 1.82) is 0 Å². The van der Waals surface area contributed by atoms with Gasteiger partial charge in [-0.05, 0) is 73.9 Å². The number of hydrogen-bond acceptors (Lipinski definition) is 2. The summed E-state index contributed by atoms with van der Waals surface area (Å²) >= 11 is 0. The second-order valence-electron chi connectivity index (χ2n) is 5.82. The zero-order valence-corrected chi connectivity index (χ0v) is 14.1. The fourth-order valence-corrected chi connectivity index (χ4v) is 2.70. The van der Waals surface area contributed by atoms with Gasteiger partial charge in [-0.3, -0.25) is 0 Å². The molecule has 2 rings (SSSR count). The average molecular weight is 298 g/mol. The molecule has 0 saturated carbocycles. The van der Waals surface area contributed by atoms with E-state index in [1.807, 2.05) is 0 Å². The maximum absolute atomic E-state index is 5.38. The molecule has 0 aromatic heterocycles. The van der Waals surface area contributed by atoms with Gasteiger partial charge in [0.15, 0.2) is 0 Å². The van der Waals surface area contributed by atoms with E-state index in [0.29, 0.717) is 0 Å². The summed E-state index contributed by atoms with van der Waals surface area (Å²) in [6.45, 7) is 4.15. The highest BCUT2D eigenvalue weighted by atomic mass is 16.5. The van der Waals surface area contributed by atoms with Crippen LogP contribution in [-0.2, 0) is 12.8 Å². The predicted molar refractivity (Wildman–Crippen MR) is 92.1 cm³/mol. The van der Waals surface area contributed by atoms with Crippen LogP contribution in [0, 0.1) is 13.8 Å². The molecule has 0 saturated heterocycles. The van der Waals surface area contributed by atoms with Crippen LogP contribution >= 0.6 is 0 Å². The van der Waals surface area contributed by atoms with Crippen LogP contribution in [0.3, 0.4) is 0 Å². The molecule has 0 aliphatic rings. The largest absolute Gasteiger partial charge is 0.496 e. The molecule has 2 aromatic rings. The minimum Gasteiger partial charge on any atom is -0.496 e. The first-order chi connectivity index (χ1) is 10.6. The average Bonchev–Trinajstić information content (AvgIpc) is 2.54. The van der Waals surface area contributed by atoms with Crippen molar-refractivity contribution in [2.45, 2.75) is 39.5 Å². The Morgan fingerprint density at radius 1 is 0.682 bits per heavy atom. The van der Waals surface area contributed by atoms with Crippen LogP contribution in [0.5, 0.6) is 11.5 Å². The van der Waals surface area contributed by atoms with E-state index in [9.17, 15) is 0 Å². The Kier molecular flexibility index (Phi) is 5.88. The molecule has 2 nitrogen and oxygen atoms in total. The van der Waals surface area contributed by atoms with E-state index >= 15 is 0 Å². The molecule has 22 heavy (non-hydrogen) atoms. The third-order valence-corrected chi connectivity index (χ3v) is 4.13. The molecule has 0 radical (unpaired) electrons. The van der Waals surface area contributed by atoms with Crippen LogP contribution in [0.2, 0.25) is 0 Å². The molecule has 0 aliphatic heterocycles. The van der Waals surface area contributed by atoms with Crippen molar-refractivity contribution in [3.63, 3.8) is 0 Å². The number of unbranched alkanes of at least 4 members (excludes halogenated alkanes) is 1. The summed E-state index contributed by atoms with van der Waals surface area (Å²) in [5.74, 6) is 1.97. The van der Waals surface area contributed by atoms with Crippen molar-refractivity contribution in [3.8, 4) is 11.5 Å². The van der Waals surface area contributed by atoms with E-state index in [4.69, 9.17) is 9.47 Å². The molecule has 0 heterocycles. The van der Waals surface area contributed by atoms with Gasteiger partial charge in [-0.2, -0.15) is 0 Å². The van der Waals surface area contributed by atoms with Gasteiger partial charge in [-0.15, -0.1) is 0 Å². The molecule has 2 aromatic carbocycles. The summed E-state index contributed by atoms with van der Waals surface area (Å²) in [5.41, 5.74) is 5.09. The first-order valence-electron chi connectivity index (χ1n) is 7.91. The highest BCUT2D eigenvalue weighted by Gasteiger charge is 2.02. The van der Waals surface area contributed by atoms with E-state index in [1.54, 1.807) is 14.2 Å². The van der Waals surface area contributed by atoms with Crippen LogP contribution in [0.25, 0.3) is 0 Å². The smallest absolute Gasteiger partial charge is 0.122 e. The lowest BCUT2D eigenvalue weighted by Gasteiger charge is -2.09. The number of methoxy groups -OCH3 is 2. The third kappa shape index (κ3) is 4.27. The van der Waals surface area contributed by atoms with Gasteiger partial charge in [0.25, 0.3) is 0 Å². The lowest BCUT2D eigenvalue weighted by atomic mass is 10.0. The van der Waals surface area contributed by atoms with Crippen LogP contribution < -0.4 is 9.47 Å². The summed E-state index contributed by atoms with van der Waals surface area (Å²) < 4.78 is 10.8. The van der Waals surface area contributed by atoms with Crippen molar-refractivity contribution < 1.29 is 9.47 Å². The third-order valence-electron chi connectivity index (χ3n) is 4.13. The van der Waals surface area contributed by atoms with Crippen molar-refractivity contribution in [2.75, 3.05) is 14.2 Å². The van der Waals surface area contributed by atoms with Crippen LogP contribution in [0.4, 0.5) is 0 Å². The number of hydrogen-bond donors (Lipinski definition) is 0. The van der Waals surface area contributed by atoms with E-state index in [0.717, 1.165) is 24.3 Å². The molecule has 0 atom stereocenters. The minimum absolute atomic E-state index is 0.987. The van der Waals surface area contributed by atoms with Crippen molar-refractivity contribution in [1.82, 2.24) is 0 Å². The molecule has 0 amide bonds. The predicted octanol–water partition coefficient (Wildman–Crippen LogP) is 4.89. The summed E-state index contributed by atoms with van der Waals surface area (Å²) in [5, 5.41) is 0. The standard InChI is InChI=1S/C20H26O2/c1-15-9-11-17(13-19(15)21-3)7-5-6-8-18-12-10-16(2)20(14-18)22-4/h9-14H,5-8H2,1-4H3. The summed E-state index contributed by atoms with van der Waals surface area (Å²) in [7, 11) is 3.47.